The summed E-state index contributed by atoms with van der Waals surface area (Å²) >= 11 is 0. The SMILES string of the molecule is c1ccc(-c2ccc(-c3c4ccccc4c(-c4cccc(-c5cc6c7ccccc7oc6c6c5oc5ccccc56)c4)c4ccccc34)cc2)cc1. The molecule has 9 aromatic carbocycles. The van der Waals surface area contributed by atoms with Gasteiger partial charge in [-0.05, 0) is 84.8 Å². The number of furan rings is 2. The molecule has 2 aromatic heterocycles. The molecule has 2 heterocycles. The van der Waals surface area contributed by atoms with Crippen LogP contribution in [0.15, 0.2) is 191 Å². The van der Waals surface area contributed by atoms with E-state index in [1.54, 1.807) is 0 Å². The van der Waals surface area contributed by atoms with Gasteiger partial charge < -0.3 is 8.83 Å². The number of benzene rings is 9. The minimum Gasteiger partial charge on any atom is -0.455 e. The second-order valence-corrected chi connectivity index (χ2v) is 13.6. The Labute approximate surface area is 299 Å². The summed E-state index contributed by atoms with van der Waals surface area (Å²) in [5, 5.41) is 9.20. The van der Waals surface area contributed by atoms with Gasteiger partial charge in [-0.1, -0.05) is 158 Å². The predicted molar refractivity (Wildman–Crippen MR) is 218 cm³/mol. The van der Waals surface area contributed by atoms with Crippen LogP contribution in [0.4, 0.5) is 0 Å². The van der Waals surface area contributed by atoms with Gasteiger partial charge in [0, 0.05) is 21.7 Å². The highest BCUT2D eigenvalue weighted by atomic mass is 16.3. The summed E-state index contributed by atoms with van der Waals surface area (Å²) in [7, 11) is 0. The van der Waals surface area contributed by atoms with E-state index in [9.17, 15) is 0 Å². The van der Waals surface area contributed by atoms with Crippen LogP contribution in [-0.4, -0.2) is 0 Å². The molecular formula is C50H30O2. The van der Waals surface area contributed by atoms with Gasteiger partial charge in [-0.25, -0.2) is 0 Å². The van der Waals surface area contributed by atoms with E-state index in [1.807, 2.05) is 24.3 Å². The van der Waals surface area contributed by atoms with Gasteiger partial charge >= 0.3 is 0 Å². The predicted octanol–water partition coefficient (Wildman–Crippen LogP) is 14.5. The van der Waals surface area contributed by atoms with Gasteiger partial charge in [0.15, 0.2) is 0 Å². The van der Waals surface area contributed by atoms with E-state index in [4.69, 9.17) is 8.83 Å². The van der Waals surface area contributed by atoms with Crippen molar-refractivity contribution in [2.45, 2.75) is 0 Å². The minimum atomic E-state index is 0.842. The molecule has 0 aliphatic carbocycles. The molecule has 0 fully saturated rings. The lowest BCUT2D eigenvalue weighted by molar-refractivity contribution is 0.663. The van der Waals surface area contributed by atoms with E-state index in [1.165, 1.54) is 49.4 Å². The highest BCUT2D eigenvalue weighted by Gasteiger charge is 2.22. The van der Waals surface area contributed by atoms with Gasteiger partial charge in [0.2, 0.25) is 0 Å². The van der Waals surface area contributed by atoms with Crippen LogP contribution in [-0.2, 0) is 0 Å². The first kappa shape index (κ1) is 28.9. The molecule has 11 rings (SSSR count). The van der Waals surface area contributed by atoms with Gasteiger partial charge in [0.05, 0.1) is 5.39 Å². The summed E-state index contributed by atoms with van der Waals surface area (Å²) in [6, 6.07) is 65.1. The Hall–Kier alpha value is -6.90. The summed E-state index contributed by atoms with van der Waals surface area (Å²) in [6.07, 6.45) is 0. The normalized spacial score (nSPS) is 11.8. The lowest BCUT2D eigenvalue weighted by atomic mass is 9.85. The van der Waals surface area contributed by atoms with Gasteiger partial charge in [0.1, 0.15) is 22.3 Å². The quantitative estimate of drug-likeness (QED) is 0.175. The molecule has 0 amide bonds. The van der Waals surface area contributed by atoms with Crippen LogP contribution in [0, 0.1) is 0 Å². The van der Waals surface area contributed by atoms with Crippen LogP contribution >= 0.6 is 0 Å². The summed E-state index contributed by atoms with van der Waals surface area (Å²) < 4.78 is 13.2. The number of fused-ring (bicyclic) bond motifs is 9. The van der Waals surface area contributed by atoms with E-state index in [0.29, 0.717) is 0 Å². The molecule has 52 heavy (non-hydrogen) atoms. The molecule has 242 valence electrons. The van der Waals surface area contributed by atoms with Crippen molar-refractivity contribution in [3.8, 4) is 44.5 Å². The average molecular weight is 663 g/mol. The third-order valence-electron chi connectivity index (χ3n) is 10.7. The van der Waals surface area contributed by atoms with Crippen LogP contribution in [0.2, 0.25) is 0 Å². The van der Waals surface area contributed by atoms with Crippen molar-refractivity contribution in [3.63, 3.8) is 0 Å². The minimum absolute atomic E-state index is 0.842. The van der Waals surface area contributed by atoms with Crippen molar-refractivity contribution in [2.24, 2.45) is 0 Å². The zero-order chi connectivity index (χ0) is 34.2. The van der Waals surface area contributed by atoms with Crippen molar-refractivity contribution in [2.75, 3.05) is 0 Å². The lowest BCUT2D eigenvalue weighted by Crippen LogP contribution is -1.91. The molecule has 0 unspecified atom stereocenters. The van der Waals surface area contributed by atoms with Gasteiger partial charge in [0.25, 0.3) is 0 Å². The molecular weight excluding hydrogens is 633 g/mol. The fourth-order valence-electron chi connectivity index (χ4n) is 8.33. The van der Waals surface area contributed by atoms with E-state index >= 15 is 0 Å². The maximum absolute atomic E-state index is 6.67. The van der Waals surface area contributed by atoms with Crippen molar-refractivity contribution >= 4 is 65.4 Å². The molecule has 0 atom stereocenters. The summed E-state index contributed by atoms with van der Waals surface area (Å²) in [5.74, 6) is 0. The third-order valence-corrected chi connectivity index (χ3v) is 10.7. The Morgan fingerprint density at radius 1 is 0.269 bits per heavy atom. The van der Waals surface area contributed by atoms with Gasteiger partial charge in [-0.2, -0.15) is 0 Å². The largest absolute Gasteiger partial charge is 0.455 e. The Bertz CT molecular complexity index is 3100. The lowest BCUT2D eigenvalue weighted by Gasteiger charge is -2.18. The molecule has 0 saturated heterocycles. The summed E-state index contributed by atoms with van der Waals surface area (Å²) in [4.78, 5) is 0. The Morgan fingerprint density at radius 3 is 1.40 bits per heavy atom. The third kappa shape index (κ3) is 4.31. The van der Waals surface area contributed by atoms with Crippen molar-refractivity contribution in [3.05, 3.63) is 182 Å². The Kier molecular flexibility index (Phi) is 6.28. The molecule has 0 spiro atoms. The van der Waals surface area contributed by atoms with E-state index in [0.717, 1.165) is 60.6 Å². The van der Waals surface area contributed by atoms with E-state index < -0.39 is 0 Å². The van der Waals surface area contributed by atoms with Gasteiger partial charge in [-0.15, -0.1) is 0 Å². The molecule has 0 N–H and O–H groups in total. The number of hydrogen-bond donors (Lipinski definition) is 0. The Morgan fingerprint density at radius 2 is 0.731 bits per heavy atom. The molecule has 0 aliphatic heterocycles. The second kappa shape index (κ2) is 11.3. The summed E-state index contributed by atoms with van der Waals surface area (Å²) in [5.41, 5.74) is 12.9. The fraction of sp³-hybridized carbons (Fsp3) is 0. The van der Waals surface area contributed by atoms with Crippen LogP contribution in [0.25, 0.3) is 110 Å². The first-order valence-corrected chi connectivity index (χ1v) is 17.8. The number of para-hydroxylation sites is 2. The standard InChI is InChI=1S/C50H30O2/c1-2-13-31(14-3-1)32-25-27-33(28-26-32)46-37-18-4-6-20-39(37)47(40-21-7-5-19-38(40)46)35-16-12-15-34(29-35)42-30-43-36-17-8-10-23-44(36)51-50(43)48-41-22-9-11-24-45(41)52-49(42)48/h1-30H. The van der Waals surface area contributed by atoms with Crippen LogP contribution in [0.1, 0.15) is 0 Å². The van der Waals surface area contributed by atoms with Crippen LogP contribution in [0.3, 0.4) is 0 Å². The Balaban J connectivity index is 1.15. The highest BCUT2D eigenvalue weighted by molar-refractivity contribution is 6.26. The second-order valence-electron chi connectivity index (χ2n) is 13.6. The first-order chi connectivity index (χ1) is 25.8. The first-order valence-electron chi connectivity index (χ1n) is 17.8. The molecule has 0 bridgehead atoms. The molecule has 0 saturated carbocycles. The molecule has 2 heteroatoms. The highest BCUT2D eigenvalue weighted by Crippen LogP contribution is 2.47. The van der Waals surface area contributed by atoms with Crippen molar-refractivity contribution < 1.29 is 8.83 Å². The van der Waals surface area contributed by atoms with Crippen LogP contribution in [0.5, 0.6) is 0 Å². The van der Waals surface area contributed by atoms with E-state index in [-0.39, 0.29) is 0 Å². The number of rotatable bonds is 4. The molecule has 0 aliphatic rings. The topological polar surface area (TPSA) is 26.3 Å². The maximum atomic E-state index is 6.67. The average Bonchev–Trinajstić information content (AvgIpc) is 3.79. The van der Waals surface area contributed by atoms with Crippen LogP contribution < -0.4 is 0 Å². The fourth-order valence-corrected chi connectivity index (χ4v) is 8.33. The molecule has 11 aromatic rings. The maximum Gasteiger partial charge on any atom is 0.147 e. The molecule has 0 radical (unpaired) electrons. The smallest absolute Gasteiger partial charge is 0.147 e. The zero-order valence-corrected chi connectivity index (χ0v) is 28.1. The summed E-state index contributed by atoms with van der Waals surface area (Å²) in [6.45, 7) is 0. The van der Waals surface area contributed by atoms with Gasteiger partial charge in [-0.3, -0.25) is 0 Å². The van der Waals surface area contributed by atoms with E-state index in [2.05, 4.69) is 158 Å². The van der Waals surface area contributed by atoms with Crippen molar-refractivity contribution in [1.29, 1.82) is 0 Å². The monoisotopic (exact) mass is 662 g/mol. The van der Waals surface area contributed by atoms with Crippen molar-refractivity contribution in [1.82, 2.24) is 0 Å². The zero-order valence-electron chi connectivity index (χ0n) is 28.1. The molecule has 2 nitrogen and oxygen atoms in total. The number of hydrogen-bond acceptors (Lipinski definition) is 2.